The lowest BCUT2D eigenvalue weighted by Gasteiger charge is -1.99. The van der Waals surface area contributed by atoms with E-state index in [1.165, 1.54) is 10.5 Å². The molecule has 0 fully saturated rings. The van der Waals surface area contributed by atoms with E-state index in [0.29, 0.717) is 0 Å². The molecule has 0 unspecified atom stereocenters. The molecular weight excluding hydrogens is 204 g/mol. The first-order valence-electron chi connectivity index (χ1n) is 5.25. The van der Waals surface area contributed by atoms with Gasteiger partial charge < -0.3 is 5.32 Å². The zero-order valence-corrected chi connectivity index (χ0v) is 10.2. The number of hydrogen-bond acceptors (Lipinski definition) is 3. The third kappa shape index (κ3) is 5.00. The van der Waals surface area contributed by atoms with E-state index in [1.54, 1.807) is 0 Å². The Bertz CT molecular complexity index is 310. The van der Waals surface area contributed by atoms with Crippen LogP contribution in [-0.2, 0) is 0 Å². The quantitative estimate of drug-likeness (QED) is 0.592. The highest BCUT2D eigenvalue weighted by atomic mass is 32.2. The van der Waals surface area contributed by atoms with Gasteiger partial charge in [0.1, 0.15) is 0 Å². The van der Waals surface area contributed by atoms with E-state index in [4.69, 9.17) is 0 Å². The van der Waals surface area contributed by atoms with Gasteiger partial charge in [-0.1, -0.05) is 19.1 Å². The van der Waals surface area contributed by atoms with Crippen molar-refractivity contribution in [2.75, 3.05) is 19.3 Å². The van der Waals surface area contributed by atoms with Crippen LogP contribution in [0.15, 0.2) is 29.4 Å². The fourth-order valence-corrected chi connectivity index (χ4v) is 1.91. The summed E-state index contributed by atoms with van der Waals surface area (Å²) in [5.41, 5.74) is 1.18. The van der Waals surface area contributed by atoms with Crippen molar-refractivity contribution in [3.63, 3.8) is 0 Å². The van der Waals surface area contributed by atoms with Gasteiger partial charge in [-0.25, -0.2) is 0 Å². The molecular formula is C12H18N2S. The number of aromatic nitrogens is 1. The zero-order chi connectivity index (χ0) is 10.9. The number of nitrogens with zero attached hydrogens (tertiary/aromatic N) is 1. The van der Waals surface area contributed by atoms with E-state index >= 15 is 0 Å². The number of rotatable bonds is 6. The lowest BCUT2D eigenvalue weighted by molar-refractivity contribution is 0.809. The molecule has 1 heterocycles. The van der Waals surface area contributed by atoms with Gasteiger partial charge >= 0.3 is 0 Å². The van der Waals surface area contributed by atoms with Crippen molar-refractivity contribution in [2.45, 2.75) is 18.2 Å². The molecule has 82 valence electrons. The molecule has 0 saturated carbocycles. The van der Waals surface area contributed by atoms with Crippen LogP contribution in [0.2, 0.25) is 0 Å². The summed E-state index contributed by atoms with van der Waals surface area (Å²) < 4.78 is 0. The maximum Gasteiger partial charge on any atom is 0.0404 e. The van der Waals surface area contributed by atoms with Gasteiger partial charge in [-0.15, -0.1) is 11.8 Å². The largest absolute Gasteiger partial charge is 0.319 e. The van der Waals surface area contributed by atoms with Crippen molar-refractivity contribution < 1.29 is 0 Å². The second kappa shape index (κ2) is 7.49. The molecule has 1 aromatic rings. The first kappa shape index (κ1) is 12.3. The summed E-state index contributed by atoms with van der Waals surface area (Å²) in [7, 11) is 1.97. The maximum absolute atomic E-state index is 4.21. The number of thioether (sulfide) groups is 1. The molecule has 0 aliphatic rings. The highest BCUT2D eigenvalue weighted by Gasteiger charge is 1.93. The van der Waals surface area contributed by atoms with Crippen LogP contribution in [0.25, 0.3) is 6.08 Å². The Morgan fingerprint density at radius 2 is 2.33 bits per heavy atom. The Balaban J connectivity index is 2.53. The minimum absolute atomic E-state index is 1.02. The molecule has 0 amide bonds. The van der Waals surface area contributed by atoms with Gasteiger partial charge in [0.2, 0.25) is 0 Å². The second-order valence-corrected chi connectivity index (χ2v) is 4.52. The Hall–Kier alpha value is -0.800. The van der Waals surface area contributed by atoms with E-state index in [2.05, 4.69) is 35.4 Å². The summed E-state index contributed by atoms with van der Waals surface area (Å²) in [5.74, 6) is 1.09. The number of hydrogen-bond donors (Lipinski definition) is 1. The van der Waals surface area contributed by atoms with Gasteiger partial charge in [-0.2, -0.15) is 0 Å². The van der Waals surface area contributed by atoms with Crippen LogP contribution in [0, 0.1) is 0 Å². The molecule has 15 heavy (non-hydrogen) atoms. The summed E-state index contributed by atoms with van der Waals surface area (Å²) in [4.78, 5) is 5.46. The predicted molar refractivity (Wildman–Crippen MR) is 68.2 cm³/mol. The zero-order valence-electron chi connectivity index (χ0n) is 9.36. The number of nitrogens with one attached hydrogen (secondary N) is 1. The average molecular weight is 222 g/mol. The molecule has 0 radical (unpaired) electrons. The van der Waals surface area contributed by atoms with Gasteiger partial charge in [0.15, 0.2) is 0 Å². The van der Waals surface area contributed by atoms with Crippen LogP contribution in [0.1, 0.15) is 18.9 Å². The van der Waals surface area contributed by atoms with Crippen molar-refractivity contribution in [3.05, 3.63) is 30.1 Å². The van der Waals surface area contributed by atoms with Gasteiger partial charge in [0, 0.05) is 17.3 Å². The van der Waals surface area contributed by atoms with Crippen LogP contribution >= 0.6 is 11.8 Å². The third-order valence-corrected chi connectivity index (χ3v) is 2.76. The summed E-state index contributed by atoms with van der Waals surface area (Å²) >= 11 is 1.82. The van der Waals surface area contributed by atoms with Crippen molar-refractivity contribution in [2.24, 2.45) is 0 Å². The fourth-order valence-electron chi connectivity index (χ4n) is 1.22. The Morgan fingerprint density at radius 1 is 1.47 bits per heavy atom. The summed E-state index contributed by atoms with van der Waals surface area (Å²) in [6, 6.07) is 2.18. The van der Waals surface area contributed by atoms with Crippen LogP contribution in [-0.4, -0.2) is 24.3 Å². The molecule has 1 N–H and O–H groups in total. The van der Waals surface area contributed by atoms with Crippen LogP contribution in [0.3, 0.4) is 0 Å². The van der Waals surface area contributed by atoms with Gasteiger partial charge in [0.05, 0.1) is 0 Å². The molecule has 0 saturated heterocycles. The summed E-state index contributed by atoms with van der Waals surface area (Å²) in [5, 5.41) is 3.11. The van der Waals surface area contributed by atoms with Gasteiger partial charge in [0.25, 0.3) is 0 Å². The molecule has 0 bridgehead atoms. The van der Waals surface area contributed by atoms with Crippen molar-refractivity contribution in [1.82, 2.24) is 10.3 Å². The maximum atomic E-state index is 4.21. The Labute approximate surface area is 96.2 Å². The van der Waals surface area contributed by atoms with E-state index in [9.17, 15) is 0 Å². The van der Waals surface area contributed by atoms with E-state index in [1.807, 2.05) is 31.2 Å². The minimum Gasteiger partial charge on any atom is -0.319 e. The molecule has 0 aliphatic heterocycles. The molecule has 2 nitrogen and oxygen atoms in total. The van der Waals surface area contributed by atoms with Gasteiger partial charge in [-0.3, -0.25) is 4.98 Å². The smallest absolute Gasteiger partial charge is 0.0404 e. The Kier molecular flexibility index (Phi) is 6.12. The molecule has 3 heteroatoms. The lowest BCUT2D eigenvalue weighted by atomic mass is 10.2. The van der Waals surface area contributed by atoms with E-state index in [-0.39, 0.29) is 0 Å². The molecule has 0 aromatic carbocycles. The van der Waals surface area contributed by atoms with Gasteiger partial charge in [-0.05, 0) is 37.4 Å². The molecule has 0 aliphatic carbocycles. The average Bonchev–Trinajstić information content (AvgIpc) is 2.26. The summed E-state index contributed by atoms with van der Waals surface area (Å²) in [6.45, 7) is 3.17. The van der Waals surface area contributed by atoms with Crippen molar-refractivity contribution in [1.29, 1.82) is 0 Å². The molecule has 1 aromatic heterocycles. The monoisotopic (exact) mass is 222 g/mol. The highest BCUT2D eigenvalue weighted by Crippen LogP contribution is 2.17. The summed E-state index contributed by atoms with van der Waals surface area (Å²) in [6.07, 6.45) is 9.17. The topological polar surface area (TPSA) is 24.9 Å². The lowest BCUT2D eigenvalue weighted by Crippen LogP contribution is -2.05. The highest BCUT2D eigenvalue weighted by molar-refractivity contribution is 7.99. The van der Waals surface area contributed by atoms with Crippen molar-refractivity contribution in [3.8, 4) is 0 Å². The second-order valence-electron chi connectivity index (χ2n) is 3.18. The standard InChI is InChI=1S/C12H18N2S/c1-3-15-12-8-11(9-14-10-12)6-4-5-7-13-2/h4,6,8-10,13H,3,5,7H2,1-2H3/b6-4+. The van der Waals surface area contributed by atoms with E-state index < -0.39 is 0 Å². The minimum atomic E-state index is 1.02. The normalized spacial score (nSPS) is 11.1. The van der Waals surface area contributed by atoms with E-state index in [0.717, 1.165) is 18.7 Å². The van der Waals surface area contributed by atoms with Crippen LogP contribution < -0.4 is 5.32 Å². The van der Waals surface area contributed by atoms with Crippen LogP contribution in [0.5, 0.6) is 0 Å². The van der Waals surface area contributed by atoms with Crippen LogP contribution in [0.4, 0.5) is 0 Å². The third-order valence-electron chi connectivity index (χ3n) is 1.92. The first-order valence-corrected chi connectivity index (χ1v) is 6.24. The number of pyridine rings is 1. The Morgan fingerprint density at radius 3 is 3.07 bits per heavy atom. The molecule has 0 atom stereocenters. The van der Waals surface area contributed by atoms with Crippen molar-refractivity contribution >= 4 is 17.8 Å². The fraction of sp³-hybridized carbons (Fsp3) is 0.417. The first-order chi connectivity index (χ1) is 7.36. The molecule has 0 spiro atoms. The SMILES string of the molecule is CCSc1cncc(/C=C/CCNC)c1. The molecule has 1 rings (SSSR count). The predicted octanol–water partition coefficient (Wildman–Crippen LogP) is 2.82.